The van der Waals surface area contributed by atoms with Gasteiger partial charge in [0.1, 0.15) is 5.82 Å². The van der Waals surface area contributed by atoms with Crippen LogP contribution in [0.25, 0.3) is 0 Å². The molecule has 0 radical (unpaired) electrons. The highest BCUT2D eigenvalue weighted by atomic mass is 79.9. The van der Waals surface area contributed by atoms with Gasteiger partial charge in [0.2, 0.25) is 0 Å². The summed E-state index contributed by atoms with van der Waals surface area (Å²) in [5, 5.41) is 9.67. The maximum atomic E-state index is 13.7. The van der Waals surface area contributed by atoms with E-state index in [-0.39, 0.29) is 5.82 Å². The van der Waals surface area contributed by atoms with E-state index in [4.69, 9.17) is 0 Å². The molecule has 0 bridgehead atoms. The van der Waals surface area contributed by atoms with Crippen LogP contribution in [0.5, 0.6) is 0 Å². The predicted octanol–water partition coefficient (Wildman–Crippen LogP) is 4.79. The van der Waals surface area contributed by atoms with Crippen LogP contribution in [0.2, 0.25) is 0 Å². The zero-order chi connectivity index (χ0) is 13.1. The molecule has 0 spiro atoms. The summed E-state index contributed by atoms with van der Waals surface area (Å²) in [4.78, 5) is 1.72. The molecule has 1 atom stereocenters. The van der Waals surface area contributed by atoms with E-state index in [9.17, 15) is 9.50 Å². The van der Waals surface area contributed by atoms with Crippen molar-refractivity contribution in [3.05, 3.63) is 58.3 Å². The highest BCUT2D eigenvalue weighted by Crippen LogP contribution is 2.37. The molecule has 0 amide bonds. The number of rotatable bonds is 3. The Morgan fingerprint density at radius 3 is 2.44 bits per heavy atom. The molecule has 2 aromatic carbocycles. The van der Waals surface area contributed by atoms with Gasteiger partial charge in [0, 0.05) is 19.8 Å². The first kappa shape index (κ1) is 13.6. The maximum absolute atomic E-state index is 13.7. The third-order valence-corrected chi connectivity index (χ3v) is 4.59. The van der Waals surface area contributed by atoms with E-state index in [1.165, 1.54) is 17.8 Å². The Hall–Kier alpha value is -0.840. The van der Waals surface area contributed by atoms with Crippen molar-refractivity contribution in [3.63, 3.8) is 0 Å². The van der Waals surface area contributed by atoms with Crippen molar-refractivity contribution in [2.45, 2.75) is 22.8 Å². The summed E-state index contributed by atoms with van der Waals surface area (Å²) in [7, 11) is 0. The van der Waals surface area contributed by atoms with Crippen LogP contribution in [-0.2, 0) is 0 Å². The smallest absolute Gasteiger partial charge is 0.130 e. The summed E-state index contributed by atoms with van der Waals surface area (Å²) < 4.78 is 14.7. The number of halogens is 2. The van der Waals surface area contributed by atoms with Gasteiger partial charge in [-0.2, -0.15) is 0 Å². The van der Waals surface area contributed by atoms with Crippen LogP contribution >= 0.6 is 27.7 Å². The van der Waals surface area contributed by atoms with E-state index in [2.05, 4.69) is 15.9 Å². The average molecular weight is 327 g/mol. The molecule has 0 aromatic heterocycles. The van der Waals surface area contributed by atoms with Crippen molar-refractivity contribution >= 4 is 27.7 Å². The van der Waals surface area contributed by atoms with Crippen LogP contribution in [-0.4, -0.2) is 5.11 Å². The number of hydrogen-bond acceptors (Lipinski definition) is 2. The lowest BCUT2D eigenvalue weighted by molar-refractivity contribution is 0.191. The summed E-state index contributed by atoms with van der Waals surface area (Å²) in [6.45, 7) is 1.57. The summed E-state index contributed by atoms with van der Waals surface area (Å²) >= 11 is 4.89. The molecule has 0 saturated carbocycles. The summed E-state index contributed by atoms with van der Waals surface area (Å²) in [5.41, 5.74) is 0.346. The molecule has 0 aliphatic rings. The Morgan fingerprint density at radius 2 is 1.78 bits per heavy atom. The van der Waals surface area contributed by atoms with Gasteiger partial charge in [-0.05, 0) is 47.1 Å². The van der Waals surface area contributed by atoms with Gasteiger partial charge in [-0.25, -0.2) is 4.39 Å². The van der Waals surface area contributed by atoms with E-state index in [1.54, 1.807) is 13.0 Å². The minimum atomic E-state index is -0.823. The average Bonchev–Trinajstić information content (AvgIpc) is 2.31. The third kappa shape index (κ3) is 2.94. The van der Waals surface area contributed by atoms with Gasteiger partial charge in [-0.15, -0.1) is 0 Å². The van der Waals surface area contributed by atoms with E-state index in [0.29, 0.717) is 5.56 Å². The van der Waals surface area contributed by atoms with E-state index < -0.39 is 6.10 Å². The fourth-order valence-corrected chi connectivity index (χ4v) is 3.26. The minimum absolute atomic E-state index is 0.346. The maximum Gasteiger partial charge on any atom is 0.130 e. The second-order valence-corrected chi connectivity index (χ2v) is 5.80. The lowest BCUT2D eigenvalue weighted by Gasteiger charge is -2.13. The zero-order valence-corrected chi connectivity index (χ0v) is 12.1. The van der Waals surface area contributed by atoms with Gasteiger partial charge in [0.05, 0.1) is 6.10 Å². The van der Waals surface area contributed by atoms with Crippen LogP contribution in [0.3, 0.4) is 0 Å². The molecule has 18 heavy (non-hydrogen) atoms. The normalized spacial score (nSPS) is 12.4. The highest BCUT2D eigenvalue weighted by Gasteiger charge is 2.14. The lowest BCUT2D eigenvalue weighted by Crippen LogP contribution is -1.98. The second-order valence-electron chi connectivity index (χ2n) is 3.86. The molecular weight excluding hydrogens is 315 g/mol. The molecule has 4 heteroatoms. The molecule has 94 valence electrons. The first-order chi connectivity index (χ1) is 8.59. The van der Waals surface area contributed by atoms with Gasteiger partial charge < -0.3 is 5.11 Å². The zero-order valence-electron chi connectivity index (χ0n) is 9.73. The Balaban J connectivity index is 2.41. The first-order valence-corrected chi connectivity index (χ1v) is 7.09. The molecular formula is C14H12BrFOS. The van der Waals surface area contributed by atoms with Crippen molar-refractivity contribution in [3.8, 4) is 0 Å². The van der Waals surface area contributed by atoms with Crippen molar-refractivity contribution < 1.29 is 9.50 Å². The summed E-state index contributed by atoms with van der Waals surface area (Å²) in [6, 6.07) is 12.6. The van der Waals surface area contributed by atoms with E-state index in [0.717, 1.165) is 14.3 Å². The van der Waals surface area contributed by atoms with Crippen molar-refractivity contribution in [1.82, 2.24) is 0 Å². The molecule has 1 unspecified atom stereocenters. The fraction of sp³-hybridized carbons (Fsp3) is 0.143. The molecule has 2 rings (SSSR count). The van der Waals surface area contributed by atoms with E-state index >= 15 is 0 Å². The van der Waals surface area contributed by atoms with Crippen molar-refractivity contribution in [1.29, 1.82) is 0 Å². The van der Waals surface area contributed by atoms with E-state index in [1.807, 2.05) is 30.3 Å². The molecule has 0 aliphatic carbocycles. The third-order valence-electron chi connectivity index (χ3n) is 2.49. The second kappa shape index (κ2) is 5.87. The quantitative estimate of drug-likeness (QED) is 0.874. The van der Waals surface area contributed by atoms with Gasteiger partial charge >= 0.3 is 0 Å². The topological polar surface area (TPSA) is 20.2 Å². The molecule has 1 nitrogen and oxygen atoms in total. The van der Waals surface area contributed by atoms with Crippen LogP contribution in [0.15, 0.2) is 56.7 Å². The van der Waals surface area contributed by atoms with Crippen LogP contribution in [0.4, 0.5) is 4.39 Å². The monoisotopic (exact) mass is 326 g/mol. The van der Waals surface area contributed by atoms with Gasteiger partial charge in [0.25, 0.3) is 0 Å². The molecule has 1 N–H and O–H groups in total. The Labute approximate surface area is 118 Å². The first-order valence-electron chi connectivity index (χ1n) is 5.48. The van der Waals surface area contributed by atoms with Crippen LogP contribution in [0.1, 0.15) is 18.6 Å². The van der Waals surface area contributed by atoms with Gasteiger partial charge in [0.15, 0.2) is 0 Å². The predicted molar refractivity (Wildman–Crippen MR) is 75.3 cm³/mol. The fourth-order valence-electron chi connectivity index (χ4n) is 1.66. The van der Waals surface area contributed by atoms with Gasteiger partial charge in [-0.3, -0.25) is 0 Å². The Morgan fingerprint density at radius 1 is 1.11 bits per heavy atom. The molecule has 2 aromatic rings. The van der Waals surface area contributed by atoms with Crippen LogP contribution in [0, 0.1) is 5.82 Å². The minimum Gasteiger partial charge on any atom is -0.389 e. The SMILES string of the molecule is CC(O)c1c(F)cccc1Sc1ccccc1Br. The number of hydrogen-bond donors (Lipinski definition) is 1. The Bertz CT molecular complexity index is 557. The van der Waals surface area contributed by atoms with Crippen molar-refractivity contribution in [2.24, 2.45) is 0 Å². The molecule has 0 heterocycles. The highest BCUT2D eigenvalue weighted by molar-refractivity contribution is 9.10. The lowest BCUT2D eigenvalue weighted by atomic mass is 10.1. The molecule has 0 fully saturated rings. The molecule has 0 saturated heterocycles. The standard InChI is InChI=1S/C14H12BrFOS/c1-9(17)14-11(16)6-4-8-13(14)18-12-7-3-2-5-10(12)15/h2-9,17H,1H3. The number of benzene rings is 2. The van der Waals surface area contributed by atoms with Gasteiger partial charge in [-0.1, -0.05) is 30.0 Å². The summed E-state index contributed by atoms with van der Waals surface area (Å²) in [6.07, 6.45) is -0.823. The number of aliphatic hydroxyl groups is 1. The molecule has 0 aliphatic heterocycles. The summed E-state index contributed by atoms with van der Waals surface area (Å²) in [5.74, 6) is -0.373. The Kier molecular flexibility index (Phi) is 4.43. The van der Waals surface area contributed by atoms with Crippen LogP contribution < -0.4 is 0 Å². The number of aliphatic hydroxyl groups excluding tert-OH is 1. The largest absolute Gasteiger partial charge is 0.389 e. The van der Waals surface area contributed by atoms with Crippen molar-refractivity contribution in [2.75, 3.05) is 0 Å².